The zero-order valence-electron chi connectivity index (χ0n) is 23.4. The lowest BCUT2D eigenvalue weighted by Crippen LogP contribution is -2.45. The number of anilines is 2. The number of carbonyl (C=O) groups is 2. The fourth-order valence-corrected chi connectivity index (χ4v) is 5.49. The second-order valence-electron chi connectivity index (χ2n) is 10.6. The normalized spacial score (nSPS) is 16.7. The Hall–Kier alpha value is -3.47. The summed E-state index contributed by atoms with van der Waals surface area (Å²) in [5.74, 6) is 0.714. The Bertz CT molecular complexity index is 1460. The molecule has 0 spiro atoms. The van der Waals surface area contributed by atoms with Gasteiger partial charge in [-0.1, -0.05) is 35.3 Å². The van der Waals surface area contributed by atoms with Crippen molar-refractivity contribution in [2.75, 3.05) is 37.5 Å². The number of nitrogens with zero attached hydrogens (tertiary/aromatic N) is 5. The number of pyridine rings is 1. The maximum absolute atomic E-state index is 13.5. The van der Waals surface area contributed by atoms with E-state index >= 15 is 0 Å². The van der Waals surface area contributed by atoms with Crippen LogP contribution in [0.1, 0.15) is 54.2 Å². The number of benzene rings is 1. The van der Waals surface area contributed by atoms with Crippen LogP contribution >= 0.6 is 23.2 Å². The molecule has 1 aromatic carbocycles. The first-order chi connectivity index (χ1) is 19.6. The van der Waals surface area contributed by atoms with Crippen molar-refractivity contribution < 1.29 is 14.3 Å². The summed E-state index contributed by atoms with van der Waals surface area (Å²) < 4.78 is 5.43. The maximum Gasteiger partial charge on any atom is 0.255 e. The van der Waals surface area contributed by atoms with Crippen LogP contribution in [0, 0.1) is 0 Å². The summed E-state index contributed by atoms with van der Waals surface area (Å²) in [5.41, 5.74) is 3.35. The number of fused-ring (bicyclic) bond motifs is 1. The highest BCUT2D eigenvalue weighted by Crippen LogP contribution is 2.33. The van der Waals surface area contributed by atoms with Crippen LogP contribution in [0.2, 0.25) is 10.0 Å². The van der Waals surface area contributed by atoms with Crippen molar-refractivity contribution in [1.29, 1.82) is 0 Å². The monoisotopic (exact) mass is 597 g/mol. The zero-order chi connectivity index (χ0) is 29.3. The minimum Gasteiger partial charge on any atom is -0.381 e. The van der Waals surface area contributed by atoms with Gasteiger partial charge in [-0.3, -0.25) is 9.59 Å². The molecule has 1 saturated heterocycles. The van der Waals surface area contributed by atoms with Crippen LogP contribution in [-0.4, -0.2) is 71.1 Å². The molecular formula is C29H33Cl2N7O3. The number of hydrogen-bond donors (Lipinski definition) is 2. The van der Waals surface area contributed by atoms with Crippen molar-refractivity contribution in [3.63, 3.8) is 0 Å². The van der Waals surface area contributed by atoms with Gasteiger partial charge in [-0.25, -0.2) is 15.0 Å². The van der Waals surface area contributed by atoms with E-state index in [-0.39, 0.29) is 23.9 Å². The molecule has 4 heterocycles. The lowest BCUT2D eigenvalue weighted by Gasteiger charge is -2.26. The van der Waals surface area contributed by atoms with Crippen molar-refractivity contribution in [2.45, 2.75) is 51.4 Å². The average Bonchev–Trinajstić information content (AvgIpc) is 3.29. The molecule has 0 radical (unpaired) electrons. The highest BCUT2D eigenvalue weighted by atomic mass is 35.5. The molecule has 2 amide bonds. The van der Waals surface area contributed by atoms with Crippen LogP contribution < -0.4 is 15.5 Å². The van der Waals surface area contributed by atoms with Crippen LogP contribution in [0.15, 0.2) is 36.7 Å². The van der Waals surface area contributed by atoms with Gasteiger partial charge in [-0.2, -0.15) is 0 Å². The molecule has 216 valence electrons. The molecule has 2 aliphatic heterocycles. The number of halogens is 2. The first-order valence-corrected chi connectivity index (χ1v) is 14.3. The predicted octanol–water partition coefficient (Wildman–Crippen LogP) is 4.72. The molecule has 10 nitrogen and oxygen atoms in total. The molecule has 12 heteroatoms. The molecule has 2 aromatic heterocycles. The van der Waals surface area contributed by atoms with E-state index < -0.39 is 6.04 Å². The van der Waals surface area contributed by atoms with Gasteiger partial charge in [0.2, 0.25) is 11.9 Å². The molecule has 0 bridgehead atoms. The van der Waals surface area contributed by atoms with E-state index in [1.807, 2.05) is 44.1 Å². The van der Waals surface area contributed by atoms with Gasteiger partial charge in [0, 0.05) is 57.2 Å². The molecule has 0 saturated carbocycles. The van der Waals surface area contributed by atoms with Crippen LogP contribution in [0.4, 0.5) is 11.8 Å². The number of ether oxygens (including phenoxy) is 1. The lowest BCUT2D eigenvalue weighted by molar-refractivity contribution is -0.125. The Kier molecular flexibility index (Phi) is 8.63. The summed E-state index contributed by atoms with van der Waals surface area (Å²) >= 11 is 12.9. The van der Waals surface area contributed by atoms with E-state index in [1.165, 1.54) is 0 Å². The average molecular weight is 599 g/mol. The van der Waals surface area contributed by atoms with E-state index in [2.05, 4.69) is 25.6 Å². The predicted molar refractivity (Wildman–Crippen MR) is 159 cm³/mol. The molecule has 0 aliphatic carbocycles. The molecule has 1 fully saturated rings. The Morgan fingerprint density at radius 3 is 2.56 bits per heavy atom. The Balaban J connectivity index is 1.30. The summed E-state index contributed by atoms with van der Waals surface area (Å²) in [4.78, 5) is 43.5. The first kappa shape index (κ1) is 29.0. The highest BCUT2D eigenvalue weighted by Gasteiger charge is 2.35. The number of amides is 2. The molecule has 41 heavy (non-hydrogen) atoms. The zero-order valence-corrected chi connectivity index (χ0v) is 25.0. The van der Waals surface area contributed by atoms with Gasteiger partial charge in [0.25, 0.3) is 5.91 Å². The third-order valence-electron chi connectivity index (χ3n) is 7.51. The largest absolute Gasteiger partial charge is 0.381 e. The lowest BCUT2D eigenvalue weighted by atomic mass is 10.0. The SMILES string of the molecule is CC(C(=O)N[C@H](C)c1cc(N(C)C)ncc1Cl)N1Cc2ccc(-c3nc(NC4CCOCC4)ncc3Cl)cc2C1=O. The Morgan fingerprint density at radius 1 is 1.10 bits per heavy atom. The van der Waals surface area contributed by atoms with Gasteiger partial charge < -0.3 is 25.2 Å². The van der Waals surface area contributed by atoms with Crippen LogP contribution in [0.25, 0.3) is 11.3 Å². The van der Waals surface area contributed by atoms with Crippen molar-refractivity contribution in [1.82, 2.24) is 25.2 Å². The number of carbonyl (C=O) groups excluding carboxylic acids is 2. The highest BCUT2D eigenvalue weighted by molar-refractivity contribution is 6.33. The standard InChI is InChI=1S/C29H33Cl2N7O3/c1-16(21-12-25(37(3)4)32-13-23(21)30)34-27(39)17(2)38-15-19-6-5-18(11-22(19)28(38)40)26-24(31)14-33-29(36-26)35-20-7-9-41-10-8-20/h5-6,11-14,16-17,20H,7-10,15H2,1-4H3,(H,34,39)(H,33,35,36)/t16-,17?/m1/s1. The van der Waals surface area contributed by atoms with Crippen LogP contribution in [0.5, 0.6) is 0 Å². The number of hydrogen-bond acceptors (Lipinski definition) is 8. The molecule has 1 unspecified atom stereocenters. The molecule has 5 rings (SSSR count). The molecule has 3 aromatic rings. The number of rotatable bonds is 8. The van der Waals surface area contributed by atoms with Crippen molar-refractivity contribution >= 4 is 46.8 Å². The molecule has 2 aliphatic rings. The van der Waals surface area contributed by atoms with E-state index in [4.69, 9.17) is 27.9 Å². The third kappa shape index (κ3) is 6.24. The van der Waals surface area contributed by atoms with E-state index in [1.54, 1.807) is 30.3 Å². The maximum atomic E-state index is 13.5. The van der Waals surface area contributed by atoms with Gasteiger partial charge >= 0.3 is 0 Å². The summed E-state index contributed by atoms with van der Waals surface area (Å²) in [5, 5.41) is 7.21. The molecule has 2 atom stereocenters. The number of nitrogens with one attached hydrogen (secondary N) is 2. The molecule has 2 N–H and O–H groups in total. The molecular weight excluding hydrogens is 565 g/mol. The van der Waals surface area contributed by atoms with Crippen molar-refractivity contribution in [2.24, 2.45) is 0 Å². The van der Waals surface area contributed by atoms with E-state index in [0.29, 0.717) is 52.6 Å². The van der Waals surface area contributed by atoms with Crippen LogP contribution in [0.3, 0.4) is 0 Å². The Labute approximate surface area is 249 Å². The summed E-state index contributed by atoms with van der Waals surface area (Å²) in [7, 11) is 3.77. The van der Waals surface area contributed by atoms with Gasteiger partial charge in [0.05, 0.1) is 28.0 Å². The van der Waals surface area contributed by atoms with Crippen molar-refractivity contribution in [3.8, 4) is 11.3 Å². The fourth-order valence-electron chi connectivity index (χ4n) is 5.02. The topological polar surface area (TPSA) is 113 Å². The van der Waals surface area contributed by atoms with Gasteiger partial charge in [0.15, 0.2) is 0 Å². The smallest absolute Gasteiger partial charge is 0.255 e. The van der Waals surface area contributed by atoms with Crippen LogP contribution in [-0.2, 0) is 16.1 Å². The summed E-state index contributed by atoms with van der Waals surface area (Å²) in [6.07, 6.45) is 4.89. The summed E-state index contributed by atoms with van der Waals surface area (Å²) in [6, 6.07) is 6.56. The van der Waals surface area contributed by atoms with E-state index in [0.717, 1.165) is 29.8 Å². The van der Waals surface area contributed by atoms with Gasteiger partial charge in [-0.15, -0.1) is 0 Å². The first-order valence-electron chi connectivity index (χ1n) is 13.6. The van der Waals surface area contributed by atoms with Gasteiger partial charge in [-0.05, 0) is 49.9 Å². The second-order valence-corrected chi connectivity index (χ2v) is 11.4. The second kappa shape index (κ2) is 12.2. The van der Waals surface area contributed by atoms with E-state index in [9.17, 15) is 9.59 Å². The Morgan fingerprint density at radius 2 is 1.83 bits per heavy atom. The summed E-state index contributed by atoms with van der Waals surface area (Å²) in [6.45, 7) is 5.31. The fraction of sp³-hybridized carbons (Fsp3) is 0.414. The minimum absolute atomic E-state index is 0.222. The van der Waals surface area contributed by atoms with Crippen molar-refractivity contribution in [3.05, 3.63) is 63.4 Å². The number of aromatic nitrogens is 3. The quantitative estimate of drug-likeness (QED) is 0.383. The van der Waals surface area contributed by atoms with Gasteiger partial charge in [0.1, 0.15) is 11.9 Å². The minimum atomic E-state index is -0.701. The third-order valence-corrected chi connectivity index (χ3v) is 8.11.